The van der Waals surface area contributed by atoms with Gasteiger partial charge in [0.05, 0.1) is 39.9 Å². The lowest BCUT2D eigenvalue weighted by molar-refractivity contribution is -0.870. The molecule has 0 saturated heterocycles. The van der Waals surface area contributed by atoms with Gasteiger partial charge in [0, 0.05) is 6.42 Å². The van der Waals surface area contributed by atoms with E-state index in [9.17, 15) is 19.4 Å². The van der Waals surface area contributed by atoms with Gasteiger partial charge in [-0.2, -0.15) is 0 Å². The zero-order valence-electron chi connectivity index (χ0n) is 45.8. The van der Waals surface area contributed by atoms with Crippen LogP contribution in [0.1, 0.15) is 284 Å². The molecule has 2 N–H and O–H groups in total. The van der Waals surface area contributed by atoms with E-state index < -0.39 is 26.6 Å². The van der Waals surface area contributed by atoms with Crippen LogP contribution in [0.2, 0.25) is 0 Å². The summed E-state index contributed by atoms with van der Waals surface area (Å²) < 4.78 is 23.3. The van der Waals surface area contributed by atoms with Crippen LogP contribution in [-0.4, -0.2) is 68.5 Å². The Kier molecular flexibility index (Phi) is 49.7. The van der Waals surface area contributed by atoms with E-state index in [1.165, 1.54) is 218 Å². The number of hydrogen-bond acceptors (Lipinski definition) is 6. The minimum Gasteiger partial charge on any atom is -0.756 e. The predicted molar refractivity (Wildman–Crippen MR) is 293 cm³/mol. The van der Waals surface area contributed by atoms with Crippen molar-refractivity contribution in [3.63, 3.8) is 0 Å². The number of carbonyl (C=O) groups excluding carboxylic acids is 1. The second kappa shape index (κ2) is 50.7. The Morgan fingerprint density at radius 1 is 0.500 bits per heavy atom. The number of likely N-dealkylation sites (N-methyl/N-ethyl adjacent to an activating group) is 1. The molecule has 0 fully saturated rings. The number of unbranched alkanes of at least 4 members (excludes halogenated alkanes) is 37. The van der Waals surface area contributed by atoms with E-state index in [1.54, 1.807) is 6.08 Å². The molecule has 0 rings (SSSR count). The quantitative estimate of drug-likeness (QED) is 0.0272. The fourth-order valence-corrected chi connectivity index (χ4v) is 9.44. The van der Waals surface area contributed by atoms with Crippen molar-refractivity contribution in [3.05, 3.63) is 36.5 Å². The molecule has 0 spiro atoms. The van der Waals surface area contributed by atoms with Crippen molar-refractivity contribution in [2.45, 2.75) is 296 Å². The average Bonchev–Trinajstić information content (AvgIpc) is 3.30. The topological polar surface area (TPSA) is 108 Å². The van der Waals surface area contributed by atoms with E-state index in [0.717, 1.165) is 44.9 Å². The summed E-state index contributed by atoms with van der Waals surface area (Å²) in [6.45, 7) is 4.66. The molecule has 1 amide bonds. The Morgan fingerprint density at radius 3 is 1.19 bits per heavy atom. The van der Waals surface area contributed by atoms with Gasteiger partial charge in [0.15, 0.2) is 0 Å². The van der Waals surface area contributed by atoms with Crippen LogP contribution in [0.15, 0.2) is 36.5 Å². The summed E-state index contributed by atoms with van der Waals surface area (Å²) >= 11 is 0. The third-order valence-electron chi connectivity index (χ3n) is 13.3. The Bertz CT molecular complexity index is 1200. The van der Waals surface area contributed by atoms with Gasteiger partial charge >= 0.3 is 0 Å². The van der Waals surface area contributed by atoms with Crippen LogP contribution in [0, 0.1) is 0 Å². The summed E-state index contributed by atoms with van der Waals surface area (Å²) in [4.78, 5) is 25.5. The first-order valence-electron chi connectivity index (χ1n) is 29.4. The number of nitrogens with zero attached hydrogens (tertiary/aromatic N) is 1. The summed E-state index contributed by atoms with van der Waals surface area (Å²) in [6, 6.07) is -0.908. The van der Waals surface area contributed by atoms with E-state index in [-0.39, 0.29) is 12.5 Å². The zero-order valence-corrected chi connectivity index (χ0v) is 46.7. The molecular weight excluding hydrogens is 864 g/mol. The second-order valence-corrected chi connectivity index (χ2v) is 22.8. The molecule has 3 unspecified atom stereocenters. The minimum atomic E-state index is -4.61. The number of aliphatic hydroxyl groups excluding tert-OH is 1. The highest BCUT2D eigenvalue weighted by molar-refractivity contribution is 7.45. The Labute approximate surface area is 423 Å². The van der Waals surface area contributed by atoms with Gasteiger partial charge in [0.2, 0.25) is 5.91 Å². The van der Waals surface area contributed by atoms with Gasteiger partial charge in [-0.25, -0.2) is 0 Å². The normalized spacial score (nSPS) is 14.2. The maximum Gasteiger partial charge on any atom is 0.268 e. The number of phosphoric ester groups is 1. The molecule has 0 aromatic carbocycles. The lowest BCUT2D eigenvalue weighted by Gasteiger charge is -2.29. The van der Waals surface area contributed by atoms with Crippen LogP contribution < -0.4 is 10.2 Å². The van der Waals surface area contributed by atoms with E-state index in [4.69, 9.17) is 9.05 Å². The van der Waals surface area contributed by atoms with Crippen molar-refractivity contribution in [1.29, 1.82) is 0 Å². The number of amides is 1. The molecule has 0 bridgehead atoms. The van der Waals surface area contributed by atoms with Gasteiger partial charge < -0.3 is 28.8 Å². The number of rotatable bonds is 54. The molecule has 0 aromatic rings. The third kappa shape index (κ3) is 52.5. The highest BCUT2D eigenvalue weighted by Gasteiger charge is 2.23. The van der Waals surface area contributed by atoms with Crippen LogP contribution in [0.4, 0.5) is 0 Å². The van der Waals surface area contributed by atoms with E-state index in [2.05, 4.69) is 43.5 Å². The molecule has 68 heavy (non-hydrogen) atoms. The van der Waals surface area contributed by atoms with Crippen molar-refractivity contribution in [2.75, 3.05) is 40.9 Å². The lowest BCUT2D eigenvalue weighted by atomic mass is 10.0. The van der Waals surface area contributed by atoms with Gasteiger partial charge in [-0.05, 0) is 44.9 Å². The Morgan fingerprint density at radius 2 is 0.824 bits per heavy atom. The largest absolute Gasteiger partial charge is 0.756 e. The molecule has 0 heterocycles. The molecule has 8 nitrogen and oxygen atoms in total. The molecule has 0 radical (unpaired) electrons. The molecule has 0 aliphatic carbocycles. The molecule has 0 aromatic heterocycles. The molecular formula is C59H115N2O6P. The summed E-state index contributed by atoms with van der Waals surface area (Å²) in [5, 5.41) is 13.9. The summed E-state index contributed by atoms with van der Waals surface area (Å²) in [5.74, 6) is -0.207. The fraction of sp³-hybridized carbons (Fsp3) is 0.881. The van der Waals surface area contributed by atoms with Gasteiger partial charge in [-0.3, -0.25) is 9.36 Å². The summed E-state index contributed by atoms with van der Waals surface area (Å²) in [7, 11) is 1.25. The first kappa shape index (κ1) is 66.7. The number of quaternary nitrogens is 1. The van der Waals surface area contributed by atoms with Crippen molar-refractivity contribution < 1.29 is 32.9 Å². The smallest absolute Gasteiger partial charge is 0.268 e. The summed E-state index contributed by atoms with van der Waals surface area (Å²) in [6.07, 6.45) is 65.2. The van der Waals surface area contributed by atoms with Crippen LogP contribution >= 0.6 is 7.82 Å². The molecule has 0 aliphatic heterocycles. The number of allylic oxidation sites excluding steroid dienone is 5. The Hall–Kier alpha value is -1.28. The van der Waals surface area contributed by atoms with E-state index in [1.807, 2.05) is 27.2 Å². The highest BCUT2D eigenvalue weighted by Crippen LogP contribution is 2.38. The van der Waals surface area contributed by atoms with Gasteiger partial charge in [-0.1, -0.05) is 269 Å². The number of phosphoric acid groups is 1. The van der Waals surface area contributed by atoms with Crippen LogP contribution in [-0.2, 0) is 18.4 Å². The van der Waals surface area contributed by atoms with Crippen LogP contribution in [0.3, 0.4) is 0 Å². The maximum atomic E-state index is 12.9. The molecule has 9 heteroatoms. The van der Waals surface area contributed by atoms with Gasteiger partial charge in [-0.15, -0.1) is 0 Å². The first-order chi connectivity index (χ1) is 33.0. The third-order valence-corrected chi connectivity index (χ3v) is 14.3. The molecule has 0 aliphatic rings. The monoisotopic (exact) mass is 979 g/mol. The standard InChI is InChI=1S/C59H115N2O6P/c1-6-8-10-12-14-16-18-20-22-24-26-27-28-29-30-31-32-33-34-35-36-38-40-42-44-46-48-50-52-58(62)57(56-67-68(64,65)66-55-54-61(3,4)5)60-59(63)53-51-49-47-45-43-41-39-37-25-23-21-19-17-15-13-11-9-7-2/h35-36,42,44,50,52,57-58,62H,6-34,37-41,43,45-49,51,53-56H2,1-5H3,(H-,60,63,64,65)/b36-35+,44-42+,52-50+. The molecule has 0 saturated carbocycles. The lowest BCUT2D eigenvalue weighted by Crippen LogP contribution is -2.45. The summed E-state index contributed by atoms with van der Waals surface area (Å²) in [5.41, 5.74) is 0. The minimum absolute atomic E-state index is 0.00739. The number of aliphatic hydroxyl groups is 1. The van der Waals surface area contributed by atoms with Gasteiger partial charge in [0.25, 0.3) is 7.82 Å². The van der Waals surface area contributed by atoms with Crippen molar-refractivity contribution in [2.24, 2.45) is 0 Å². The Balaban J connectivity index is 4.24. The van der Waals surface area contributed by atoms with E-state index >= 15 is 0 Å². The zero-order chi connectivity index (χ0) is 49.9. The number of hydrogen-bond donors (Lipinski definition) is 2. The number of nitrogens with one attached hydrogen (secondary N) is 1. The predicted octanol–water partition coefficient (Wildman–Crippen LogP) is 17.1. The molecule has 3 atom stereocenters. The SMILES string of the molecule is CCCCCCCCCCCCCCCCCCCC/C=C/CC/C=C/CC/C=C/C(O)C(COP(=O)([O-])OCC[N+](C)(C)C)NC(=O)CCCCCCCCCCCCCCCCCCCC. The number of carbonyl (C=O) groups is 1. The average molecular weight is 980 g/mol. The van der Waals surface area contributed by atoms with Crippen molar-refractivity contribution >= 4 is 13.7 Å². The second-order valence-electron chi connectivity index (χ2n) is 21.3. The fourth-order valence-electron chi connectivity index (χ4n) is 8.72. The van der Waals surface area contributed by atoms with Crippen LogP contribution in [0.5, 0.6) is 0 Å². The van der Waals surface area contributed by atoms with Crippen molar-refractivity contribution in [3.8, 4) is 0 Å². The first-order valence-corrected chi connectivity index (χ1v) is 30.8. The van der Waals surface area contributed by atoms with Crippen molar-refractivity contribution in [1.82, 2.24) is 5.32 Å². The van der Waals surface area contributed by atoms with E-state index in [0.29, 0.717) is 17.4 Å². The highest BCUT2D eigenvalue weighted by atomic mass is 31.2. The van der Waals surface area contributed by atoms with Gasteiger partial charge in [0.1, 0.15) is 13.2 Å². The molecule has 402 valence electrons. The van der Waals surface area contributed by atoms with Crippen LogP contribution in [0.25, 0.3) is 0 Å². The maximum absolute atomic E-state index is 12.9.